The average Bonchev–Trinajstić information content (AvgIpc) is 2.53. The SMILES string of the molecule is NC1=CC2Sc3cc(N)ccc3C2=CC1. The highest BCUT2D eigenvalue weighted by molar-refractivity contribution is 8.01. The summed E-state index contributed by atoms with van der Waals surface area (Å²) in [6.45, 7) is 0. The van der Waals surface area contributed by atoms with Gasteiger partial charge in [0.15, 0.2) is 0 Å². The van der Waals surface area contributed by atoms with Crippen LogP contribution in [0.15, 0.2) is 40.9 Å². The summed E-state index contributed by atoms with van der Waals surface area (Å²) in [6, 6.07) is 6.12. The minimum atomic E-state index is 0.399. The van der Waals surface area contributed by atoms with Crippen LogP contribution in [0, 0.1) is 0 Å². The van der Waals surface area contributed by atoms with Gasteiger partial charge in [-0.1, -0.05) is 12.1 Å². The van der Waals surface area contributed by atoms with Gasteiger partial charge >= 0.3 is 0 Å². The van der Waals surface area contributed by atoms with Gasteiger partial charge in [-0.25, -0.2) is 0 Å². The maximum atomic E-state index is 5.83. The van der Waals surface area contributed by atoms with E-state index in [2.05, 4.69) is 18.2 Å². The normalized spacial score (nSPS) is 22.8. The van der Waals surface area contributed by atoms with E-state index in [0.29, 0.717) is 5.25 Å². The first-order valence-corrected chi connectivity index (χ1v) is 5.85. The molecule has 0 bridgehead atoms. The third kappa shape index (κ3) is 1.35. The molecule has 15 heavy (non-hydrogen) atoms. The second-order valence-electron chi connectivity index (χ2n) is 3.90. The van der Waals surface area contributed by atoms with Crippen molar-refractivity contribution in [2.45, 2.75) is 16.6 Å². The fourth-order valence-electron chi connectivity index (χ4n) is 2.07. The van der Waals surface area contributed by atoms with Crippen molar-refractivity contribution in [3.63, 3.8) is 0 Å². The molecule has 76 valence electrons. The number of fused-ring (bicyclic) bond motifs is 3. The number of hydrogen-bond donors (Lipinski definition) is 2. The van der Waals surface area contributed by atoms with Gasteiger partial charge in [0.2, 0.25) is 0 Å². The van der Waals surface area contributed by atoms with Gasteiger partial charge in [-0.3, -0.25) is 0 Å². The molecule has 2 nitrogen and oxygen atoms in total. The highest BCUT2D eigenvalue weighted by Crippen LogP contribution is 2.47. The largest absolute Gasteiger partial charge is 0.402 e. The molecule has 2 aliphatic rings. The van der Waals surface area contributed by atoms with E-state index in [1.165, 1.54) is 16.0 Å². The fourth-order valence-corrected chi connectivity index (χ4v) is 3.45. The Morgan fingerprint density at radius 1 is 1.27 bits per heavy atom. The van der Waals surface area contributed by atoms with Crippen molar-refractivity contribution in [3.05, 3.63) is 41.6 Å². The van der Waals surface area contributed by atoms with E-state index in [0.717, 1.165) is 17.8 Å². The van der Waals surface area contributed by atoms with Crippen LogP contribution in [0.4, 0.5) is 5.69 Å². The quantitative estimate of drug-likeness (QED) is 0.655. The third-order valence-electron chi connectivity index (χ3n) is 2.80. The highest BCUT2D eigenvalue weighted by atomic mass is 32.2. The van der Waals surface area contributed by atoms with Gasteiger partial charge in [0, 0.05) is 22.7 Å². The molecule has 1 aromatic carbocycles. The van der Waals surface area contributed by atoms with Crippen LogP contribution in [0.25, 0.3) is 5.57 Å². The Morgan fingerprint density at radius 2 is 2.13 bits per heavy atom. The molecule has 1 aliphatic heterocycles. The number of allylic oxidation sites excluding steroid dienone is 1. The van der Waals surface area contributed by atoms with E-state index in [1.807, 2.05) is 23.9 Å². The summed E-state index contributed by atoms with van der Waals surface area (Å²) in [5.74, 6) is 0. The van der Waals surface area contributed by atoms with E-state index in [1.54, 1.807) is 0 Å². The van der Waals surface area contributed by atoms with Crippen molar-refractivity contribution in [3.8, 4) is 0 Å². The summed E-state index contributed by atoms with van der Waals surface area (Å²) in [5, 5.41) is 0.399. The molecule has 4 N–H and O–H groups in total. The van der Waals surface area contributed by atoms with Gasteiger partial charge in [0.25, 0.3) is 0 Å². The van der Waals surface area contributed by atoms with Gasteiger partial charge in [0.1, 0.15) is 0 Å². The predicted octanol–water partition coefficient (Wildman–Crippen LogP) is 2.37. The van der Waals surface area contributed by atoms with Gasteiger partial charge in [-0.2, -0.15) is 0 Å². The monoisotopic (exact) mass is 216 g/mol. The van der Waals surface area contributed by atoms with Crippen LogP contribution in [0.2, 0.25) is 0 Å². The number of hydrogen-bond acceptors (Lipinski definition) is 3. The number of nitrogens with two attached hydrogens (primary N) is 2. The molecule has 0 amide bonds. The Hall–Kier alpha value is -1.35. The highest BCUT2D eigenvalue weighted by Gasteiger charge is 2.27. The second kappa shape index (κ2) is 3.07. The lowest BCUT2D eigenvalue weighted by Crippen LogP contribution is -2.07. The summed E-state index contributed by atoms with van der Waals surface area (Å²) >= 11 is 1.83. The van der Waals surface area contributed by atoms with Crippen molar-refractivity contribution in [2.24, 2.45) is 5.73 Å². The first kappa shape index (κ1) is 8.92. The standard InChI is InChI=1S/C12H12N2S/c13-7-1-3-9-10-4-2-8(14)6-12(10)15-11(9)5-7/h1,3-6,12H,2,13-14H2. The molecule has 0 radical (unpaired) electrons. The van der Waals surface area contributed by atoms with Crippen LogP contribution in [-0.2, 0) is 0 Å². The van der Waals surface area contributed by atoms with Crippen LogP contribution in [0.5, 0.6) is 0 Å². The van der Waals surface area contributed by atoms with Crippen molar-refractivity contribution >= 4 is 23.0 Å². The average molecular weight is 216 g/mol. The van der Waals surface area contributed by atoms with Crippen LogP contribution in [0.1, 0.15) is 12.0 Å². The maximum absolute atomic E-state index is 5.83. The third-order valence-corrected chi connectivity index (χ3v) is 4.04. The van der Waals surface area contributed by atoms with Crippen molar-refractivity contribution in [1.29, 1.82) is 0 Å². The van der Waals surface area contributed by atoms with Gasteiger partial charge < -0.3 is 11.5 Å². The Kier molecular flexibility index (Phi) is 1.83. The molecule has 3 rings (SSSR count). The Labute approximate surface area is 93.0 Å². The molecule has 0 aromatic heterocycles. The number of benzene rings is 1. The number of rotatable bonds is 0. The molecule has 1 aromatic rings. The summed E-state index contributed by atoms with van der Waals surface area (Å²) in [7, 11) is 0. The minimum Gasteiger partial charge on any atom is -0.402 e. The Balaban J connectivity index is 2.10. The van der Waals surface area contributed by atoms with Gasteiger partial charge in [0.05, 0.1) is 5.25 Å². The zero-order valence-corrected chi connectivity index (χ0v) is 9.05. The smallest absolute Gasteiger partial charge is 0.0547 e. The summed E-state index contributed by atoms with van der Waals surface area (Å²) in [4.78, 5) is 1.28. The molecule has 1 unspecified atom stereocenters. The zero-order valence-electron chi connectivity index (χ0n) is 8.23. The number of thioether (sulfide) groups is 1. The van der Waals surface area contributed by atoms with E-state index in [-0.39, 0.29) is 0 Å². The molecule has 0 saturated heterocycles. The van der Waals surface area contributed by atoms with Crippen LogP contribution in [0.3, 0.4) is 0 Å². The zero-order chi connectivity index (χ0) is 10.4. The fraction of sp³-hybridized carbons (Fsp3) is 0.167. The molecular weight excluding hydrogens is 204 g/mol. The molecule has 1 aliphatic carbocycles. The number of nitrogen functional groups attached to an aromatic ring is 1. The summed E-state index contributed by atoms with van der Waals surface area (Å²) in [6.07, 6.45) is 5.25. The van der Waals surface area contributed by atoms with Crippen molar-refractivity contribution in [1.82, 2.24) is 0 Å². The van der Waals surface area contributed by atoms with E-state index < -0.39 is 0 Å². The van der Waals surface area contributed by atoms with Gasteiger partial charge in [-0.15, -0.1) is 11.8 Å². The molecule has 1 atom stereocenters. The van der Waals surface area contributed by atoms with Crippen LogP contribution < -0.4 is 11.5 Å². The molecule has 0 fully saturated rings. The lowest BCUT2D eigenvalue weighted by molar-refractivity contribution is 1.11. The van der Waals surface area contributed by atoms with Crippen LogP contribution >= 0.6 is 11.8 Å². The second-order valence-corrected chi connectivity index (χ2v) is 5.08. The topological polar surface area (TPSA) is 52.0 Å². The van der Waals surface area contributed by atoms with Crippen LogP contribution in [-0.4, -0.2) is 5.25 Å². The first-order chi connectivity index (χ1) is 7.24. The molecule has 0 saturated carbocycles. The molecule has 3 heteroatoms. The van der Waals surface area contributed by atoms with Gasteiger partial charge in [-0.05, 0) is 29.3 Å². The summed E-state index contributed by atoms with van der Waals surface area (Å²) in [5.41, 5.74) is 16.1. The molecular formula is C12H12N2S. The first-order valence-electron chi connectivity index (χ1n) is 4.97. The maximum Gasteiger partial charge on any atom is 0.0547 e. The molecule has 1 heterocycles. The van der Waals surface area contributed by atoms with Crippen molar-refractivity contribution < 1.29 is 0 Å². The van der Waals surface area contributed by atoms with E-state index in [9.17, 15) is 0 Å². The Morgan fingerprint density at radius 3 is 3.00 bits per heavy atom. The van der Waals surface area contributed by atoms with E-state index >= 15 is 0 Å². The number of anilines is 1. The predicted molar refractivity (Wildman–Crippen MR) is 65.4 cm³/mol. The Bertz CT molecular complexity index is 488. The molecule has 0 spiro atoms. The van der Waals surface area contributed by atoms with E-state index in [4.69, 9.17) is 11.5 Å². The lowest BCUT2D eigenvalue weighted by atomic mass is 9.96. The summed E-state index contributed by atoms with van der Waals surface area (Å²) < 4.78 is 0. The minimum absolute atomic E-state index is 0.399. The lowest BCUT2D eigenvalue weighted by Gasteiger charge is -2.13. The van der Waals surface area contributed by atoms with Crippen molar-refractivity contribution in [2.75, 3.05) is 5.73 Å².